The van der Waals surface area contributed by atoms with E-state index in [4.69, 9.17) is 16.3 Å². The number of anilines is 1. The number of ether oxygens (including phenoxy) is 1. The number of nitrogens with zero attached hydrogens (tertiary/aromatic N) is 3. The van der Waals surface area contributed by atoms with Gasteiger partial charge in [-0.3, -0.25) is 4.79 Å². The lowest BCUT2D eigenvalue weighted by molar-refractivity contribution is -0.115. The van der Waals surface area contributed by atoms with Gasteiger partial charge >= 0.3 is 0 Å². The third-order valence-corrected chi connectivity index (χ3v) is 4.80. The molecule has 0 aliphatic heterocycles. The van der Waals surface area contributed by atoms with Crippen molar-refractivity contribution >= 4 is 35.0 Å². The van der Waals surface area contributed by atoms with Gasteiger partial charge in [0.15, 0.2) is 5.16 Å². The molecule has 1 aromatic carbocycles. The number of thioether (sulfide) groups is 1. The van der Waals surface area contributed by atoms with Gasteiger partial charge in [0.2, 0.25) is 5.91 Å². The molecule has 1 N–H and O–H groups in total. The van der Waals surface area contributed by atoms with E-state index in [1.807, 2.05) is 18.4 Å². The van der Waals surface area contributed by atoms with Gasteiger partial charge in [-0.25, -0.2) is 0 Å². The van der Waals surface area contributed by atoms with E-state index in [2.05, 4.69) is 22.1 Å². The molecule has 1 unspecified atom stereocenters. The van der Waals surface area contributed by atoms with Gasteiger partial charge < -0.3 is 14.6 Å². The fourth-order valence-corrected chi connectivity index (χ4v) is 2.96. The van der Waals surface area contributed by atoms with Gasteiger partial charge in [-0.1, -0.05) is 29.4 Å². The molecule has 0 spiro atoms. The fraction of sp³-hybridized carbons (Fsp3) is 0.312. The zero-order valence-electron chi connectivity index (χ0n) is 13.7. The van der Waals surface area contributed by atoms with Crippen LogP contribution in [0.5, 0.6) is 5.75 Å². The number of aryl methyl sites for hydroxylation is 1. The highest BCUT2D eigenvalue weighted by Crippen LogP contribution is 2.32. The highest BCUT2D eigenvalue weighted by molar-refractivity contribution is 8.00. The summed E-state index contributed by atoms with van der Waals surface area (Å²) in [4.78, 5) is 12.5. The van der Waals surface area contributed by atoms with E-state index < -0.39 is 0 Å². The fourth-order valence-electron chi connectivity index (χ4n) is 1.98. The largest absolute Gasteiger partial charge is 0.495 e. The molecule has 1 amide bonds. The van der Waals surface area contributed by atoms with Gasteiger partial charge in [0, 0.05) is 17.6 Å². The first-order valence-corrected chi connectivity index (χ1v) is 8.52. The maximum Gasteiger partial charge on any atom is 0.237 e. The summed E-state index contributed by atoms with van der Waals surface area (Å²) < 4.78 is 7.10. The number of carbonyl (C=O) groups is 1. The van der Waals surface area contributed by atoms with E-state index >= 15 is 0 Å². The van der Waals surface area contributed by atoms with Gasteiger partial charge in [0.1, 0.15) is 12.1 Å². The quantitative estimate of drug-likeness (QED) is 0.599. The molecule has 0 aliphatic rings. The number of aromatic nitrogens is 3. The molecule has 2 rings (SSSR count). The molecule has 0 bridgehead atoms. The van der Waals surface area contributed by atoms with Crippen molar-refractivity contribution in [1.82, 2.24) is 14.8 Å². The van der Waals surface area contributed by atoms with Crippen LogP contribution >= 0.6 is 23.4 Å². The van der Waals surface area contributed by atoms with E-state index in [0.717, 1.165) is 5.56 Å². The predicted octanol–water partition coefficient (Wildman–Crippen LogP) is 3.55. The van der Waals surface area contributed by atoms with Crippen molar-refractivity contribution < 1.29 is 9.53 Å². The number of halogens is 1. The third kappa shape index (κ3) is 4.30. The number of allylic oxidation sites excluding steroid dienone is 1. The second kappa shape index (κ2) is 8.21. The molecule has 0 fully saturated rings. The number of rotatable bonds is 7. The average Bonchev–Trinajstić information content (AvgIpc) is 2.98. The summed E-state index contributed by atoms with van der Waals surface area (Å²) in [6.07, 6.45) is 3.36. The molecule has 24 heavy (non-hydrogen) atoms. The van der Waals surface area contributed by atoms with Gasteiger partial charge in [-0.15, -0.1) is 16.8 Å². The van der Waals surface area contributed by atoms with E-state index in [0.29, 0.717) is 28.2 Å². The Morgan fingerprint density at radius 1 is 1.58 bits per heavy atom. The van der Waals surface area contributed by atoms with Crippen LogP contribution in [-0.4, -0.2) is 33.0 Å². The van der Waals surface area contributed by atoms with Gasteiger partial charge in [0.05, 0.1) is 18.0 Å². The molecule has 2 aromatic rings. The van der Waals surface area contributed by atoms with E-state index in [1.165, 1.54) is 18.9 Å². The minimum atomic E-state index is -0.363. The molecule has 128 valence electrons. The summed E-state index contributed by atoms with van der Waals surface area (Å²) in [7, 11) is 1.53. The predicted molar refractivity (Wildman–Crippen MR) is 96.9 cm³/mol. The Hall–Kier alpha value is -1.99. The normalized spacial score (nSPS) is 11.8. The molecule has 0 radical (unpaired) electrons. The first kappa shape index (κ1) is 18.4. The summed E-state index contributed by atoms with van der Waals surface area (Å²) in [6, 6.07) is 3.47. The minimum absolute atomic E-state index is 0.159. The van der Waals surface area contributed by atoms with Crippen LogP contribution in [-0.2, 0) is 11.3 Å². The number of hydrogen-bond acceptors (Lipinski definition) is 5. The zero-order chi connectivity index (χ0) is 17.7. The number of amides is 1. The average molecular weight is 367 g/mol. The van der Waals surface area contributed by atoms with Crippen LogP contribution in [0.15, 0.2) is 36.3 Å². The maximum atomic E-state index is 12.5. The van der Waals surface area contributed by atoms with Crippen LogP contribution in [0.1, 0.15) is 12.5 Å². The monoisotopic (exact) mass is 366 g/mol. The molecular formula is C16H19ClN4O2S. The number of nitrogens with one attached hydrogen (secondary N) is 1. The SMILES string of the molecule is C=CCn1cnnc1SC(C)C(=O)Nc1cc(C)c(Cl)cc1OC. The molecular weight excluding hydrogens is 348 g/mol. The third-order valence-electron chi connectivity index (χ3n) is 3.30. The van der Waals surface area contributed by atoms with Crippen molar-refractivity contribution in [3.8, 4) is 5.75 Å². The molecule has 0 saturated heterocycles. The van der Waals surface area contributed by atoms with E-state index in [-0.39, 0.29) is 11.2 Å². The second-order valence-electron chi connectivity index (χ2n) is 5.11. The van der Waals surface area contributed by atoms with Crippen LogP contribution in [0.4, 0.5) is 5.69 Å². The van der Waals surface area contributed by atoms with Gasteiger partial charge in [0.25, 0.3) is 0 Å². The first-order valence-electron chi connectivity index (χ1n) is 7.26. The number of benzene rings is 1. The Morgan fingerprint density at radius 3 is 3.00 bits per heavy atom. The van der Waals surface area contributed by atoms with Crippen LogP contribution in [0, 0.1) is 6.92 Å². The summed E-state index contributed by atoms with van der Waals surface area (Å²) in [5.41, 5.74) is 1.45. The zero-order valence-corrected chi connectivity index (χ0v) is 15.3. The highest BCUT2D eigenvalue weighted by atomic mass is 35.5. The Balaban J connectivity index is 2.10. The molecule has 1 aromatic heterocycles. The van der Waals surface area contributed by atoms with Crippen molar-refractivity contribution in [2.24, 2.45) is 0 Å². The smallest absolute Gasteiger partial charge is 0.237 e. The van der Waals surface area contributed by atoms with Gasteiger partial charge in [-0.05, 0) is 25.5 Å². The molecule has 0 aliphatic carbocycles. The summed E-state index contributed by atoms with van der Waals surface area (Å²) in [6.45, 7) is 7.96. The molecule has 0 saturated carbocycles. The van der Waals surface area contributed by atoms with Gasteiger partial charge in [-0.2, -0.15) is 0 Å². The standard InChI is InChI=1S/C16H19ClN4O2S/c1-5-6-21-9-18-20-16(21)24-11(3)15(22)19-13-7-10(2)12(17)8-14(13)23-4/h5,7-9,11H,1,6H2,2-4H3,(H,19,22). The maximum absolute atomic E-state index is 12.5. The number of carbonyl (C=O) groups excluding carboxylic acids is 1. The Bertz CT molecular complexity index is 748. The Labute approximate surface area is 150 Å². The van der Waals surface area contributed by atoms with Crippen LogP contribution in [0.2, 0.25) is 5.02 Å². The van der Waals surface area contributed by atoms with Crippen LogP contribution < -0.4 is 10.1 Å². The van der Waals surface area contributed by atoms with Crippen LogP contribution in [0.3, 0.4) is 0 Å². The van der Waals surface area contributed by atoms with Crippen molar-refractivity contribution in [3.05, 3.63) is 41.7 Å². The van der Waals surface area contributed by atoms with Crippen molar-refractivity contribution in [2.75, 3.05) is 12.4 Å². The number of methoxy groups -OCH3 is 1. The summed E-state index contributed by atoms with van der Waals surface area (Å²) >= 11 is 7.41. The second-order valence-corrected chi connectivity index (χ2v) is 6.82. The molecule has 8 heteroatoms. The molecule has 6 nitrogen and oxygen atoms in total. The Morgan fingerprint density at radius 2 is 2.33 bits per heavy atom. The van der Waals surface area contributed by atoms with Crippen molar-refractivity contribution in [3.63, 3.8) is 0 Å². The Kier molecular flexibility index (Phi) is 6.28. The van der Waals surface area contributed by atoms with Crippen LogP contribution in [0.25, 0.3) is 0 Å². The van der Waals surface area contributed by atoms with E-state index in [9.17, 15) is 4.79 Å². The van der Waals surface area contributed by atoms with E-state index in [1.54, 1.807) is 24.5 Å². The van der Waals surface area contributed by atoms with Crippen molar-refractivity contribution in [1.29, 1.82) is 0 Å². The lowest BCUT2D eigenvalue weighted by Gasteiger charge is -2.15. The molecule has 1 heterocycles. The lowest BCUT2D eigenvalue weighted by atomic mass is 10.2. The highest BCUT2D eigenvalue weighted by Gasteiger charge is 2.19. The van der Waals surface area contributed by atoms with Crippen molar-refractivity contribution in [2.45, 2.75) is 30.8 Å². The topological polar surface area (TPSA) is 69.0 Å². The summed E-state index contributed by atoms with van der Waals surface area (Å²) in [5, 5.41) is 11.7. The number of hydrogen-bond donors (Lipinski definition) is 1. The summed E-state index contributed by atoms with van der Waals surface area (Å²) in [5.74, 6) is 0.360. The first-order chi connectivity index (χ1) is 11.5. The molecule has 1 atom stereocenters. The minimum Gasteiger partial charge on any atom is -0.495 e. The lowest BCUT2D eigenvalue weighted by Crippen LogP contribution is -2.23.